The Morgan fingerprint density at radius 3 is 1.10 bits per heavy atom. The minimum absolute atomic E-state index is 0.687. The van der Waals surface area contributed by atoms with Crippen molar-refractivity contribution >= 4 is 45.2 Å². The van der Waals surface area contributed by atoms with Gasteiger partial charge in [0.25, 0.3) is 0 Å². The highest BCUT2D eigenvalue weighted by Crippen LogP contribution is 2.03. The third-order valence-corrected chi connectivity index (χ3v) is 4.61. The largest absolute Gasteiger partial charge is 0.379 e. The molecule has 0 aromatic carbocycles. The van der Waals surface area contributed by atoms with Crippen LogP contribution in [0.25, 0.3) is 0 Å². The summed E-state index contributed by atoms with van der Waals surface area (Å²) in [5.41, 5.74) is 0. The number of rotatable bonds is 18. The molecule has 0 saturated heterocycles. The fourth-order valence-electron chi connectivity index (χ4n) is 1.85. The van der Waals surface area contributed by atoms with Gasteiger partial charge in [-0.15, -0.1) is 0 Å². The van der Waals surface area contributed by atoms with Crippen LogP contribution in [-0.4, -0.2) is 48.5 Å². The van der Waals surface area contributed by atoms with E-state index in [2.05, 4.69) is 45.2 Å². The van der Waals surface area contributed by atoms with Gasteiger partial charge in [0, 0.05) is 13.2 Å². The zero-order valence-electron chi connectivity index (χ0n) is 13.3. The molecule has 0 aromatic heterocycles. The Balaban J connectivity index is 2.90. The molecule has 0 N–H and O–H groups in total. The smallest absolute Gasteiger partial charge is 0.0701 e. The second-order valence-electron chi connectivity index (χ2n) is 5.04. The lowest BCUT2D eigenvalue weighted by atomic mass is 10.2. The average Bonchev–Trinajstić information content (AvgIpc) is 2.50. The minimum atomic E-state index is 0.687. The number of unbranched alkanes of at least 4 members (excludes halogenated alkanes) is 6. The predicted octanol–water partition coefficient (Wildman–Crippen LogP) is 5.03. The van der Waals surface area contributed by atoms with E-state index in [0.717, 1.165) is 13.2 Å². The Bertz CT molecular complexity index is 165. The highest BCUT2D eigenvalue weighted by atomic mass is 127. The van der Waals surface area contributed by atoms with Crippen LogP contribution >= 0.6 is 45.2 Å². The molecule has 21 heavy (non-hydrogen) atoms. The zero-order chi connectivity index (χ0) is 15.4. The van der Waals surface area contributed by atoms with E-state index in [-0.39, 0.29) is 0 Å². The van der Waals surface area contributed by atoms with Gasteiger partial charge in [0.05, 0.1) is 26.4 Å². The lowest BCUT2D eigenvalue weighted by Crippen LogP contribution is -2.10. The van der Waals surface area contributed by atoms with E-state index < -0.39 is 0 Å². The molecule has 0 rings (SSSR count). The fourth-order valence-corrected chi connectivity index (χ4v) is 2.92. The molecule has 0 saturated carbocycles. The second-order valence-corrected chi connectivity index (χ2v) is 7.20. The van der Waals surface area contributed by atoms with Gasteiger partial charge in [-0.05, 0) is 34.5 Å². The molecule has 0 fully saturated rings. The first-order valence-corrected chi connectivity index (χ1v) is 11.3. The van der Waals surface area contributed by atoms with Crippen molar-refractivity contribution < 1.29 is 14.2 Å². The number of hydrogen-bond acceptors (Lipinski definition) is 3. The van der Waals surface area contributed by atoms with Crippen molar-refractivity contribution in [1.29, 1.82) is 0 Å². The molecule has 5 heteroatoms. The van der Waals surface area contributed by atoms with E-state index in [0.29, 0.717) is 26.4 Å². The predicted molar refractivity (Wildman–Crippen MR) is 107 cm³/mol. The van der Waals surface area contributed by atoms with E-state index in [1.54, 1.807) is 0 Å². The van der Waals surface area contributed by atoms with Gasteiger partial charge in [0.1, 0.15) is 0 Å². The summed E-state index contributed by atoms with van der Waals surface area (Å²) in [5.74, 6) is 0. The van der Waals surface area contributed by atoms with Crippen LogP contribution in [0.5, 0.6) is 0 Å². The summed E-state index contributed by atoms with van der Waals surface area (Å²) < 4.78 is 19.1. The Morgan fingerprint density at radius 1 is 0.381 bits per heavy atom. The molecule has 0 bridgehead atoms. The summed E-state index contributed by atoms with van der Waals surface area (Å²) in [7, 11) is 0. The molecule has 0 aromatic rings. The Hall–Kier alpha value is 1.34. The topological polar surface area (TPSA) is 27.7 Å². The van der Waals surface area contributed by atoms with Crippen LogP contribution in [0, 0.1) is 0 Å². The summed E-state index contributed by atoms with van der Waals surface area (Å²) in [6.45, 7) is 4.54. The van der Waals surface area contributed by atoms with Crippen LogP contribution in [0.15, 0.2) is 0 Å². The molecule has 128 valence electrons. The van der Waals surface area contributed by atoms with Gasteiger partial charge >= 0.3 is 0 Å². The molecular formula is C16H32I2O3. The summed E-state index contributed by atoms with van der Waals surface area (Å²) in [6.07, 6.45) is 10.3. The van der Waals surface area contributed by atoms with Gasteiger partial charge in [0.2, 0.25) is 0 Å². The van der Waals surface area contributed by atoms with Gasteiger partial charge in [-0.2, -0.15) is 0 Å². The molecule has 0 radical (unpaired) electrons. The van der Waals surface area contributed by atoms with Crippen molar-refractivity contribution in [2.24, 2.45) is 0 Å². The third-order valence-electron chi connectivity index (χ3n) is 3.09. The van der Waals surface area contributed by atoms with Crippen molar-refractivity contribution in [1.82, 2.24) is 0 Å². The quantitative estimate of drug-likeness (QED) is 0.143. The second kappa shape index (κ2) is 21.3. The maximum absolute atomic E-state index is 5.53. The lowest BCUT2D eigenvalue weighted by molar-refractivity contribution is 0.0132. The van der Waals surface area contributed by atoms with Crippen molar-refractivity contribution in [2.45, 2.75) is 51.4 Å². The highest BCUT2D eigenvalue weighted by Gasteiger charge is 1.93. The third kappa shape index (κ3) is 21.3. The van der Waals surface area contributed by atoms with E-state index >= 15 is 0 Å². The molecule has 0 amide bonds. The lowest BCUT2D eigenvalue weighted by Gasteiger charge is -2.07. The van der Waals surface area contributed by atoms with Crippen LogP contribution in [0.2, 0.25) is 0 Å². The first-order valence-electron chi connectivity index (χ1n) is 8.27. The maximum Gasteiger partial charge on any atom is 0.0701 e. The molecule has 0 unspecified atom stereocenters. The number of halogens is 2. The Kier molecular flexibility index (Phi) is 22.7. The first kappa shape index (κ1) is 22.3. The van der Waals surface area contributed by atoms with E-state index in [1.165, 1.54) is 60.2 Å². The Labute approximate surface area is 158 Å². The van der Waals surface area contributed by atoms with Crippen LogP contribution < -0.4 is 0 Å². The zero-order valence-corrected chi connectivity index (χ0v) is 17.6. The average molecular weight is 526 g/mol. The molecule has 0 atom stereocenters. The van der Waals surface area contributed by atoms with Gasteiger partial charge in [-0.1, -0.05) is 70.9 Å². The Morgan fingerprint density at radius 2 is 0.714 bits per heavy atom. The van der Waals surface area contributed by atoms with E-state index in [1.807, 2.05) is 0 Å². The van der Waals surface area contributed by atoms with Crippen LogP contribution in [0.4, 0.5) is 0 Å². The molecule has 0 aliphatic heterocycles. The maximum atomic E-state index is 5.53. The van der Waals surface area contributed by atoms with E-state index in [9.17, 15) is 0 Å². The number of hydrogen-bond donors (Lipinski definition) is 0. The molecule has 0 heterocycles. The van der Waals surface area contributed by atoms with Crippen molar-refractivity contribution in [2.75, 3.05) is 48.5 Å². The SMILES string of the molecule is ICCCCCCOCCOCCOCCCCCCI. The van der Waals surface area contributed by atoms with Crippen molar-refractivity contribution in [3.63, 3.8) is 0 Å². The summed E-state index contributed by atoms with van der Waals surface area (Å²) >= 11 is 4.86. The molecule has 3 nitrogen and oxygen atoms in total. The van der Waals surface area contributed by atoms with Gasteiger partial charge in [-0.3, -0.25) is 0 Å². The van der Waals surface area contributed by atoms with Crippen LogP contribution in [0.1, 0.15) is 51.4 Å². The molecular weight excluding hydrogens is 494 g/mol. The molecule has 0 aliphatic rings. The summed E-state index contributed by atoms with van der Waals surface area (Å²) in [6, 6.07) is 0. The number of ether oxygens (including phenoxy) is 3. The van der Waals surface area contributed by atoms with Crippen molar-refractivity contribution in [3.8, 4) is 0 Å². The van der Waals surface area contributed by atoms with E-state index in [4.69, 9.17) is 14.2 Å². The molecule has 0 spiro atoms. The van der Waals surface area contributed by atoms with Crippen LogP contribution in [0.3, 0.4) is 0 Å². The first-order chi connectivity index (χ1) is 10.4. The fraction of sp³-hybridized carbons (Fsp3) is 1.00. The number of alkyl halides is 2. The van der Waals surface area contributed by atoms with Gasteiger partial charge < -0.3 is 14.2 Å². The monoisotopic (exact) mass is 526 g/mol. The molecule has 0 aliphatic carbocycles. The summed E-state index contributed by atoms with van der Waals surface area (Å²) in [5, 5.41) is 0. The van der Waals surface area contributed by atoms with Gasteiger partial charge in [-0.25, -0.2) is 0 Å². The standard InChI is InChI=1S/C16H32I2O3/c17-9-5-1-3-7-11-19-13-15-21-16-14-20-12-8-4-2-6-10-18/h1-16H2. The normalized spacial score (nSPS) is 11.1. The van der Waals surface area contributed by atoms with Gasteiger partial charge in [0.15, 0.2) is 0 Å². The van der Waals surface area contributed by atoms with Crippen molar-refractivity contribution in [3.05, 3.63) is 0 Å². The highest BCUT2D eigenvalue weighted by molar-refractivity contribution is 14.1. The minimum Gasteiger partial charge on any atom is -0.379 e. The van der Waals surface area contributed by atoms with Crippen LogP contribution in [-0.2, 0) is 14.2 Å². The summed E-state index contributed by atoms with van der Waals surface area (Å²) in [4.78, 5) is 0.